The van der Waals surface area contributed by atoms with Crippen LogP contribution in [0.3, 0.4) is 0 Å². The first-order chi connectivity index (χ1) is 13.3. The quantitative estimate of drug-likeness (QED) is 0.639. The van der Waals surface area contributed by atoms with Gasteiger partial charge in [-0.25, -0.2) is 4.79 Å². The van der Waals surface area contributed by atoms with Crippen LogP contribution in [-0.4, -0.2) is 28.5 Å². The first-order valence-electron chi connectivity index (χ1n) is 8.70. The Hall–Kier alpha value is -3.06. The number of benzene rings is 1. The predicted octanol–water partition coefficient (Wildman–Crippen LogP) is 3.61. The molecule has 1 aromatic carbocycles. The van der Waals surface area contributed by atoms with E-state index in [-0.39, 0.29) is 11.6 Å². The van der Waals surface area contributed by atoms with E-state index in [4.69, 9.17) is 16.3 Å². The van der Waals surface area contributed by atoms with Gasteiger partial charge in [-0.15, -0.1) is 0 Å². The fraction of sp³-hybridized carbons (Fsp3) is 0.250. The van der Waals surface area contributed by atoms with Crippen molar-refractivity contribution in [2.45, 2.75) is 19.9 Å². The van der Waals surface area contributed by atoms with E-state index >= 15 is 0 Å². The lowest BCUT2D eigenvalue weighted by atomic mass is 10.0. The lowest BCUT2D eigenvalue weighted by Crippen LogP contribution is -2.35. The van der Waals surface area contributed by atoms with Gasteiger partial charge < -0.3 is 15.0 Å². The van der Waals surface area contributed by atoms with E-state index in [2.05, 4.69) is 10.3 Å². The summed E-state index contributed by atoms with van der Waals surface area (Å²) in [5.74, 6) is -1.17. The van der Waals surface area contributed by atoms with Gasteiger partial charge in [0.05, 0.1) is 17.6 Å². The lowest BCUT2D eigenvalue weighted by Gasteiger charge is -2.21. The maximum Gasteiger partial charge on any atom is 0.329 e. The van der Waals surface area contributed by atoms with E-state index in [0.717, 1.165) is 10.9 Å². The highest BCUT2D eigenvalue weighted by Crippen LogP contribution is 2.24. The van der Waals surface area contributed by atoms with Gasteiger partial charge in [0.2, 0.25) is 0 Å². The molecule has 1 amide bonds. The molecule has 0 bridgehead atoms. The van der Waals surface area contributed by atoms with E-state index in [0.29, 0.717) is 10.6 Å². The van der Waals surface area contributed by atoms with Crippen molar-refractivity contribution in [3.63, 3.8) is 0 Å². The number of carbonyl (C=O) groups excluding carboxylic acids is 2. The van der Waals surface area contributed by atoms with Gasteiger partial charge in [0, 0.05) is 23.3 Å². The number of amides is 1. The highest BCUT2D eigenvalue weighted by molar-refractivity contribution is 6.35. The Bertz CT molecular complexity index is 1100. The van der Waals surface area contributed by atoms with Crippen LogP contribution in [0, 0.1) is 5.92 Å². The van der Waals surface area contributed by atoms with Crippen molar-refractivity contribution in [1.29, 1.82) is 0 Å². The number of nitrogens with one attached hydrogen (secondary N) is 2. The molecular formula is C20H20ClN3O4. The number of halogens is 1. The normalized spacial score (nSPS) is 12.2. The summed E-state index contributed by atoms with van der Waals surface area (Å²) < 4.78 is 6.09. The summed E-state index contributed by atoms with van der Waals surface area (Å²) in [6.07, 6.45) is 3.23. The minimum atomic E-state index is -0.792. The largest absolute Gasteiger partial charge is 0.467 e. The second kappa shape index (κ2) is 7.90. The number of hydrogen-bond donors (Lipinski definition) is 2. The molecule has 8 heteroatoms. The second-order valence-corrected chi connectivity index (χ2v) is 7.11. The van der Waals surface area contributed by atoms with Crippen molar-refractivity contribution in [1.82, 2.24) is 9.55 Å². The summed E-state index contributed by atoms with van der Waals surface area (Å²) in [6, 6.07) is 7.30. The van der Waals surface area contributed by atoms with E-state index in [1.54, 1.807) is 24.4 Å². The average molecular weight is 402 g/mol. The smallest absolute Gasteiger partial charge is 0.329 e. The van der Waals surface area contributed by atoms with E-state index < -0.39 is 23.5 Å². The molecule has 0 saturated heterocycles. The van der Waals surface area contributed by atoms with Gasteiger partial charge in [-0.05, 0) is 36.2 Å². The van der Waals surface area contributed by atoms with Gasteiger partial charge in [-0.2, -0.15) is 0 Å². The number of fused-ring (bicyclic) bond motifs is 1. The molecule has 1 atom stereocenters. The van der Waals surface area contributed by atoms with Gasteiger partial charge in [0.25, 0.3) is 11.5 Å². The Balaban J connectivity index is 1.95. The number of pyridine rings is 1. The van der Waals surface area contributed by atoms with Crippen LogP contribution in [0.1, 0.15) is 30.2 Å². The van der Waals surface area contributed by atoms with Crippen LogP contribution in [0.2, 0.25) is 5.02 Å². The number of H-pyrrole nitrogens is 1. The molecule has 146 valence electrons. The summed E-state index contributed by atoms with van der Waals surface area (Å²) >= 11 is 6.21. The third-order valence-electron chi connectivity index (χ3n) is 4.47. The maximum absolute atomic E-state index is 12.8. The SMILES string of the molecule is COC(=O)C(C(C)C)n1cccc(NC(=O)c2cc(Cl)c3[nH]ccc3c2)c1=O. The van der Waals surface area contributed by atoms with Crippen LogP contribution >= 0.6 is 11.6 Å². The van der Waals surface area contributed by atoms with E-state index in [9.17, 15) is 14.4 Å². The highest BCUT2D eigenvalue weighted by Gasteiger charge is 2.26. The number of aromatic amines is 1. The third kappa shape index (κ3) is 3.66. The number of anilines is 1. The maximum atomic E-state index is 12.8. The molecule has 0 aliphatic rings. The number of methoxy groups -OCH3 is 1. The van der Waals surface area contributed by atoms with Crippen molar-refractivity contribution in [2.75, 3.05) is 12.4 Å². The van der Waals surface area contributed by atoms with Crippen LogP contribution in [0.4, 0.5) is 5.69 Å². The van der Waals surface area contributed by atoms with Crippen LogP contribution in [-0.2, 0) is 9.53 Å². The minimum Gasteiger partial charge on any atom is -0.467 e. The molecular weight excluding hydrogens is 382 g/mol. The van der Waals surface area contributed by atoms with E-state index in [1.807, 2.05) is 13.8 Å². The van der Waals surface area contributed by atoms with E-state index in [1.165, 1.54) is 30.0 Å². The van der Waals surface area contributed by atoms with Crippen LogP contribution < -0.4 is 10.9 Å². The van der Waals surface area contributed by atoms with Gasteiger partial charge in [0.15, 0.2) is 0 Å². The number of esters is 1. The fourth-order valence-corrected chi connectivity index (χ4v) is 3.39. The van der Waals surface area contributed by atoms with Crippen LogP contribution in [0.15, 0.2) is 47.5 Å². The molecule has 0 saturated carbocycles. The molecule has 3 rings (SSSR count). The number of ether oxygens (including phenoxy) is 1. The molecule has 2 N–H and O–H groups in total. The Morgan fingerprint density at radius 3 is 2.68 bits per heavy atom. The summed E-state index contributed by atoms with van der Waals surface area (Å²) in [7, 11) is 1.27. The van der Waals surface area contributed by atoms with Gasteiger partial charge in [-0.1, -0.05) is 25.4 Å². The summed E-state index contributed by atoms with van der Waals surface area (Å²) in [6.45, 7) is 3.63. The monoisotopic (exact) mass is 401 g/mol. The molecule has 28 heavy (non-hydrogen) atoms. The standard InChI is InChI=1S/C20H20ClN3O4/c1-11(2)17(20(27)28-3)24-8-4-5-15(19(24)26)23-18(25)13-9-12-6-7-22-16(12)14(21)10-13/h4-11,17,22H,1-3H3,(H,23,25). The number of rotatable bonds is 5. The zero-order valence-electron chi connectivity index (χ0n) is 15.7. The fourth-order valence-electron chi connectivity index (χ4n) is 3.10. The molecule has 0 spiro atoms. The second-order valence-electron chi connectivity index (χ2n) is 6.70. The molecule has 7 nitrogen and oxygen atoms in total. The zero-order valence-corrected chi connectivity index (χ0v) is 16.4. The number of nitrogens with zero attached hydrogens (tertiary/aromatic N) is 1. The van der Waals surface area contributed by atoms with Crippen LogP contribution in [0.25, 0.3) is 10.9 Å². The summed E-state index contributed by atoms with van der Waals surface area (Å²) in [5.41, 5.74) is 0.625. The Morgan fingerprint density at radius 2 is 2.00 bits per heavy atom. The zero-order chi connectivity index (χ0) is 20.4. The minimum absolute atomic E-state index is 0.0624. The van der Waals surface area contributed by atoms with Gasteiger partial charge in [-0.3, -0.25) is 14.2 Å². The molecule has 0 fully saturated rings. The lowest BCUT2D eigenvalue weighted by molar-refractivity contribution is -0.146. The average Bonchev–Trinajstić information content (AvgIpc) is 3.13. The molecule has 2 heterocycles. The Morgan fingerprint density at radius 1 is 1.25 bits per heavy atom. The summed E-state index contributed by atoms with van der Waals surface area (Å²) in [4.78, 5) is 40.6. The number of hydrogen-bond acceptors (Lipinski definition) is 4. The third-order valence-corrected chi connectivity index (χ3v) is 4.77. The van der Waals surface area contributed by atoms with Crippen molar-refractivity contribution in [2.24, 2.45) is 5.92 Å². The Labute approximate surface area is 166 Å². The molecule has 2 aromatic heterocycles. The van der Waals surface area contributed by atoms with Crippen molar-refractivity contribution >= 4 is 40.1 Å². The first kappa shape index (κ1) is 19.7. The predicted molar refractivity (Wildman–Crippen MR) is 108 cm³/mol. The van der Waals surface area contributed by atoms with Gasteiger partial charge >= 0.3 is 5.97 Å². The van der Waals surface area contributed by atoms with Gasteiger partial charge in [0.1, 0.15) is 11.7 Å². The topological polar surface area (TPSA) is 93.2 Å². The number of aromatic nitrogens is 2. The molecule has 0 aliphatic heterocycles. The first-order valence-corrected chi connectivity index (χ1v) is 9.08. The Kier molecular flexibility index (Phi) is 5.56. The number of carbonyl (C=O) groups is 2. The molecule has 1 unspecified atom stereocenters. The van der Waals surface area contributed by atoms with Crippen molar-refractivity contribution in [3.05, 3.63) is 63.7 Å². The van der Waals surface area contributed by atoms with Crippen molar-refractivity contribution in [3.8, 4) is 0 Å². The summed E-state index contributed by atoms with van der Waals surface area (Å²) in [5, 5.41) is 3.80. The molecule has 0 aliphatic carbocycles. The van der Waals surface area contributed by atoms with Crippen LogP contribution in [0.5, 0.6) is 0 Å². The van der Waals surface area contributed by atoms with Crippen molar-refractivity contribution < 1.29 is 14.3 Å². The molecule has 3 aromatic rings. The molecule has 0 radical (unpaired) electrons. The highest BCUT2D eigenvalue weighted by atomic mass is 35.5.